The lowest BCUT2D eigenvalue weighted by Gasteiger charge is -2.21. The van der Waals surface area contributed by atoms with E-state index in [1.807, 2.05) is 104 Å². The summed E-state index contributed by atoms with van der Waals surface area (Å²) in [4.78, 5) is 2.11. The lowest BCUT2D eigenvalue weighted by atomic mass is 10.2. The van der Waals surface area contributed by atoms with Gasteiger partial charge in [-0.05, 0) is 48.5 Å². The fourth-order valence-corrected chi connectivity index (χ4v) is 2.91. The minimum atomic E-state index is 0.798. The highest BCUT2D eigenvalue weighted by atomic mass is 16.5. The third-order valence-corrected chi connectivity index (χ3v) is 4.37. The van der Waals surface area contributed by atoms with E-state index in [9.17, 15) is 0 Å². The SMILES string of the molecule is CN(c1cccc(Oc2ccccc2)c1)c1cccc(Oc2ccccc2)c1. The zero-order valence-corrected chi connectivity index (χ0v) is 15.7. The van der Waals surface area contributed by atoms with E-state index in [4.69, 9.17) is 9.47 Å². The first kappa shape index (κ1) is 17.7. The summed E-state index contributed by atoms with van der Waals surface area (Å²) in [5.74, 6) is 3.24. The standard InChI is InChI=1S/C25H21NO2/c1-26(20-10-8-16-24(18-20)27-22-12-4-2-5-13-22)21-11-9-17-25(19-21)28-23-14-6-3-7-15-23/h2-19H,1H3. The molecule has 0 spiro atoms. The smallest absolute Gasteiger partial charge is 0.129 e. The fourth-order valence-electron chi connectivity index (χ4n) is 2.91. The molecule has 0 fully saturated rings. The van der Waals surface area contributed by atoms with Crippen LogP contribution in [0.25, 0.3) is 0 Å². The maximum atomic E-state index is 5.96. The highest BCUT2D eigenvalue weighted by molar-refractivity contribution is 5.65. The minimum absolute atomic E-state index is 0.798. The van der Waals surface area contributed by atoms with Crippen LogP contribution in [0.2, 0.25) is 0 Å². The van der Waals surface area contributed by atoms with Crippen molar-refractivity contribution >= 4 is 11.4 Å². The van der Waals surface area contributed by atoms with E-state index in [0.29, 0.717) is 0 Å². The van der Waals surface area contributed by atoms with E-state index in [2.05, 4.69) is 17.0 Å². The van der Waals surface area contributed by atoms with Crippen LogP contribution >= 0.6 is 0 Å². The van der Waals surface area contributed by atoms with Crippen LogP contribution in [0.3, 0.4) is 0 Å². The van der Waals surface area contributed by atoms with Gasteiger partial charge in [-0.15, -0.1) is 0 Å². The summed E-state index contributed by atoms with van der Waals surface area (Å²) < 4.78 is 11.9. The van der Waals surface area contributed by atoms with E-state index in [1.54, 1.807) is 0 Å². The Morgan fingerprint density at radius 1 is 0.464 bits per heavy atom. The van der Waals surface area contributed by atoms with Gasteiger partial charge in [0.25, 0.3) is 0 Å². The van der Waals surface area contributed by atoms with Crippen molar-refractivity contribution < 1.29 is 9.47 Å². The molecule has 0 aliphatic heterocycles. The molecule has 4 rings (SSSR count). The van der Waals surface area contributed by atoms with Crippen molar-refractivity contribution in [2.24, 2.45) is 0 Å². The van der Waals surface area contributed by atoms with Gasteiger partial charge in [0.15, 0.2) is 0 Å². The predicted octanol–water partition coefficient (Wildman–Crippen LogP) is 7.04. The Morgan fingerprint density at radius 2 is 0.857 bits per heavy atom. The van der Waals surface area contributed by atoms with Crippen molar-refractivity contribution in [2.45, 2.75) is 0 Å². The molecule has 0 saturated heterocycles. The van der Waals surface area contributed by atoms with Gasteiger partial charge >= 0.3 is 0 Å². The molecule has 0 aromatic heterocycles. The molecule has 3 nitrogen and oxygen atoms in total. The van der Waals surface area contributed by atoms with Crippen LogP contribution in [-0.2, 0) is 0 Å². The fraction of sp³-hybridized carbons (Fsp3) is 0.0400. The molecule has 0 heterocycles. The Kier molecular flexibility index (Phi) is 5.25. The summed E-state index contributed by atoms with van der Waals surface area (Å²) in [5, 5.41) is 0. The molecule has 0 saturated carbocycles. The highest BCUT2D eigenvalue weighted by Gasteiger charge is 2.08. The van der Waals surface area contributed by atoms with E-state index < -0.39 is 0 Å². The summed E-state index contributed by atoms with van der Waals surface area (Å²) in [5.41, 5.74) is 2.07. The molecule has 4 aromatic carbocycles. The van der Waals surface area contributed by atoms with Gasteiger partial charge in [0.05, 0.1) is 0 Å². The molecule has 0 radical (unpaired) electrons. The molecule has 0 bridgehead atoms. The lowest BCUT2D eigenvalue weighted by molar-refractivity contribution is 0.482. The van der Waals surface area contributed by atoms with Gasteiger partial charge in [-0.3, -0.25) is 0 Å². The molecule has 0 aliphatic carbocycles. The summed E-state index contributed by atoms with van der Waals surface area (Å²) in [6, 6.07) is 35.6. The first-order chi connectivity index (χ1) is 13.8. The average Bonchev–Trinajstić information content (AvgIpc) is 2.75. The Bertz CT molecular complexity index is 947. The van der Waals surface area contributed by atoms with Crippen LogP contribution in [0.5, 0.6) is 23.0 Å². The van der Waals surface area contributed by atoms with Crippen LogP contribution < -0.4 is 14.4 Å². The van der Waals surface area contributed by atoms with Crippen LogP contribution in [-0.4, -0.2) is 7.05 Å². The first-order valence-corrected chi connectivity index (χ1v) is 9.18. The number of hydrogen-bond donors (Lipinski definition) is 0. The largest absolute Gasteiger partial charge is 0.457 e. The minimum Gasteiger partial charge on any atom is -0.457 e. The Morgan fingerprint density at radius 3 is 1.29 bits per heavy atom. The van der Waals surface area contributed by atoms with E-state index in [-0.39, 0.29) is 0 Å². The first-order valence-electron chi connectivity index (χ1n) is 9.18. The molecule has 0 unspecified atom stereocenters. The van der Waals surface area contributed by atoms with Crippen LogP contribution in [0, 0.1) is 0 Å². The number of benzene rings is 4. The van der Waals surface area contributed by atoms with Gasteiger partial charge in [0, 0.05) is 30.6 Å². The number of para-hydroxylation sites is 2. The molecule has 0 aliphatic rings. The van der Waals surface area contributed by atoms with E-state index in [1.165, 1.54) is 0 Å². The topological polar surface area (TPSA) is 21.7 Å². The van der Waals surface area contributed by atoms with Crippen molar-refractivity contribution in [3.8, 4) is 23.0 Å². The second-order valence-electron chi connectivity index (χ2n) is 6.38. The van der Waals surface area contributed by atoms with Gasteiger partial charge < -0.3 is 14.4 Å². The molecule has 3 heteroatoms. The molecule has 0 N–H and O–H groups in total. The van der Waals surface area contributed by atoms with Gasteiger partial charge in [0.1, 0.15) is 23.0 Å². The maximum absolute atomic E-state index is 5.96. The third-order valence-electron chi connectivity index (χ3n) is 4.37. The van der Waals surface area contributed by atoms with Crippen molar-refractivity contribution in [2.75, 3.05) is 11.9 Å². The van der Waals surface area contributed by atoms with Gasteiger partial charge in [-0.1, -0.05) is 48.5 Å². The van der Waals surface area contributed by atoms with Crippen molar-refractivity contribution in [1.29, 1.82) is 0 Å². The molecule has 28 heavy (non-hydrogen) atoms. The lowest BCUT2D eigenvalue weighted by Crippen LogP contribution is -2.09. The molecule has 138 valence electrons. The van der Waals surface area contributed by atoms with E-state index >= 15 is 0 Å². The molecular weight excluding hydrogens is 346 g/mol. The highest BCUT2D eigenvalue weighted by Crippen LogP contribution is 2.32. The van der Waals surface area contributed by atoms with Gasteiger partial charge in [-0.25, -0.2) is 0 Å². The predicted molar refractivity (Wildman–Crippen MR) is 114 cm³/mol. The molecule has 0 amide bonds. The number of nitrogens with zero attached hydrogens (tertiary/aromatic N) is 1. The monoisotopic (exact) mass is 367 g/mol. The number of hydrogen-bond acceptors (Lipinski definition) is 3. The van der Waals surface area contributed by atoms with Crippen LogP contribution in [0.15, 0.2) is 109 Å². The summed E-state index contributed by atoms with van der Waals surface area (Å²) >= 11 is 0. The second-order valence-corrected chi connectivity index (χ2v) is 6.38. The Balaban J connectivity index is 1.53. The van der Waals surface area contributed by atoms with Gasteiger partial charge in [0.2, 0.25) is 0 Å². The molecule has 0 atom stereocenters. The molecular formula is C25H21NO2. The summed E-state index contributed by atoms with van der Waals surface area (Å²) in [6.07, 6.45) is 0. The number of ether oxygens (including phenoxy) is 2. The molecule has 4 aromatic rings. The average molecular weight is 367 g/mol. The van der Waals surface area contributed by atoms with Crippen molar-refractivity contribution in [3.63, 3.8) is 0 Å². The van der Waals surface area contributed by atoms with Crippen LogP contribution in [0.1, 0.15) is 0 Å². The normalized spacial score (nSPS) is 10.3. The van der Waals surface area contributed by atoms with Crippen molar-refractivity contribution in [1.82, 2.24) is 0 Å². The second kappa shape index (κ2) is 8.31. The zero-order chi connectivity index (χ0) is 19.2. The van der Waals surface area contributed by atoms with E-state index in [0.717, 1.165) is 34.4 Å². The third kappa shape index (κ3) is 4.33. The quantitative estimate of drug-likeness (QED) is 0.365. The van der Waals surface area contributed by atoms with Gasteiger partial charge in [-0.2, -0.15) is 0 Å². The Hall–Kier alpha value is -3.72. The van der Waals surface area contributed by atoms with Crippen molar-refractivity contribution in [3.05, 3.63) is 109 Å². The van der Waals surface area contributed by atoms with Crippen LogP contribution in [0.4, 0.5) is 11.4 Å². The summed E-state index contributed by atoms with van der Waals surface area (Å²) in [7, 11) is 2.03. The number of rotatable bonds is 6. The number of anilines is 2. The Labute approximate surface area is 165 Å². The zero-order valence-electron chi connectivity index (χ0n) is 15.7. The maximum Gasteiger partial charge on any atom is 0.129 e. The summed E-state index contributed by atoms with van der Waals surface area (Å²) in [6.45, 7) is 0.